The summed E-state index contributed by atoms with van der Waals surface area (Å²) in [5.41, 5.74) is 6.35. The molecule has 0 saturated carbocycles. The summed E-state index contributed by atoms with van der Waals surface area (Å²) >= 11 is 0. The summed E-state index contributed by atoms with van der Waals surface area (Å²) < 4.78 is 5.93. The highest BCUT2D eigenvalue weighted by atomic mass is 16.5. The molecule has 6 heteroatoms. The minimum Gasteiger partial charge on any atom is -0.550 e. The van der Waals surface area contributed by atoms with Crippen LogP contribution in [0.15, 0.2) is 12.1 Å². The van der Waals surface area contributed by atoms with E-state index in [1.807, 2.05) is 0 Å². The molecule has 2 heterocycles. The molecule has 1 fully saturated rings. The van der Waals surface area contributed by atoms with Gasteiger partial charge in [-0.25, -0.2) is 4.98 Å². The molecule has 0 atom stereocenters. The number of aliphatic carboxylic acids is 1. The highest BCUT2D eigenvalue weighted by Crippen LogP contribution is 2.23. The Labute approximate surface area is 145 Å². The number of aryl methyl sites for hydroxylation is 1. The quantitative estimate of drug-likeness (QED) is 0.770. The van der Waals surface area contributed by atoms with Crippen molar-refractivity contribution in [2.24, 2.45) is 0 Å². The zero-order valence-corrected chi connectivity index (χ0v) is 15.2. The molecule has 1 aromatic heterocycles. The molecule has 0 spiro atoms. The van der Waals surface area contributed by atoms with Gasteiger partial charge in [0.2, 0.25) is 0 Å². The van der Waals surface area contributed by atoms with E-state index in [1.165, 1.54) is 18.4 Å². The SMILES string of the molecule is CC(=O)[O-].CCCCOC1CCN(c2nc(C)ccc2C[NH3+])CC1. The molecular weight excluding hydrogens is 306 g/mol. The van der Waals surface area contributed by atoms with Crippen molar-refractivity contribution >= 4 is 11.8 Å². The average molecular weight is 337 g/mol. The minimum atomic E-state index is -1.08. The molecule has 0 unspecified atom stereocenters. The summed E-state index contributed by atoms with van der Waals surface area (Å²) in [6.45, 7) is 9.02. The third kappa shape index (κ3) is 7.27. The van der Waals surface area contributed by atoms with Crippen LogP contribution < -0.4 is 15.7 Å². The van der Waals surface area contributed by atoms with Gasteiger partial charge in [0, 0.05) is 36.9 Å². The number of carboxylic acids is 1. The maximum Gasteiger partial charge on any atom is 0.137 e. The van der Waals surface area contributed by atoms with E-state index in [1.54, 1.807) is 0 Å². The van der Waals surface area contributed by atoms with Crippen LogP contribution in [-0.4, -0.2) is 36.8 Å². The normalized spacial score (nSPS) is 14.9. The van der Waals surface area contributed by atoms with Gasteiger partial charge in [-0.3, -0.25) is 0 Å². The Morgan fingerprint density at radius 2 is 2.04 bits per heavy atom. The van der Waals surface area contributed by atoms with Gasteiger partial charge in [-0.15, -0.1) is 0 Å². The van der Waals surface area contributed by atoms with Gasteiger partial charge in [-0.1, -0.05) is 13.3 Å². The molecule has 6 nitrogen and oxygen atoms in total. The molecule has 1 saturated heterocycles. The molecule has 1 aliphatic rings. The summed E-state index contributed by atoms with van der Waals surface area (Å²) in [6, 6.07) is 4.24. The molecule has 1 aromatic rings. The van der Waals surface area contributed by atoms with Crippen LogP contribution >= 0.6 is 0 Å². The molecule has 0 radical (unpaired) electrons. The second kappa shape index (κ2) is 11.0. The smallest absolute Gasteiger partial charge is 0.137 e. The Morgan fingerprint density at radius 3 is 2.58 bits per heavy atom. The summed E-state index contributed by atoms with van der Waals surface area (Å²) in [7, 11) is 0. The molecule has 3 N–H and O–H groups in total. The molecule has 0 bridgehead atoms. The third-order valence-corrected chi connectivity index (χ3v) is 3.96. The molecule has 136 valence electrons. The van der Waals surface area contributed by atoms with Crippen LogP contribution in [0.1, 0.15) is 50.8 Å². The topological polar surface area (TPSA) is 93.1 Å². The van der Waals surface area contributed by atoms with Gasteiger partial charge < -0.3 is 25.3 Å². The summed E-state index contributed by atoms with van der Waals surface area (Å²) in [4.78, 5) is 16.0. The summed E-state index contributed by atoms with van der Waals surface area (Å²) in [5, 5.41) is 8.89. The molecule has 1 aliphatic heterocycles. The number of ether oxygens (including phenoxy) is 1. The van der Waals surface area contributed by atoms with E-state index in [2.05, 4.69) is 36.6 Å². The second-order valence-electron chi connectivity index (χ2n) is 6.09. The summed E-state index contributed by atoms with van der Waals surface area (Å²) in [5.74, 6) is 0.0482. The van der Waals surface area contributed by atoms with E-state index in [9.17, 15) is 0 Å². The highest BCUT2D eigenvalue weighted by Gasteiger charge is 2.22. The molecule has 2 rings (SSSR count). The predicted octanol–water partition coefficient (Wildman–Crippen LogP) is 0.674. The fourth-order valence-electron chi connectivity index (χ4n) is 2.67. The maximum atomic E-state index is 8.89. The van der Waals surface area contributed by atoms with Gasteiger partial charge in [0.15, 0.2) is 0 Å². The van der Waals surface area contributed by atoms with Gasteiger partial charge in [-0.2, -0.15) is 0 Å². The van der Waals surface area contributed by atoms with Crippen LogP contribution in [0.5, 0.6) is 0 Å². The molecule has 24 heavy (non-hydrogen) atoms. The fourth-order valence-corrected chi connectivity index (χ4v) is 2.67. The van der Waals surface area contributed by atoms with Crippen molar-refractivity contribution in [3.8, 4) is 0 Å². The number of aromatic nitrogens is 1. The van der Waals surface area contributed by atoms with Gasteiger partial charge in [0.25, 0.3) is 0 Å². The lowest BCUT2D eigenvalue weighted by Crippen LogP contribution is -2.48. The number of quaternary nitrogens is 1. The largest absolute Gasteiger partial charge is 0.550 e. The van der Waals surface area contributed by atoms with Crippen LogP contribution in [0.25, 0.3) is 0 Å². The van der Waals surface area contributed by atoms with Crippen molar-refractivity contribution in [3.05, 3.63) is 23.4 Å². The fraction of sp³-hybridized carbons (Fsp3) is 0.667. The average Bonchev–Trinajstić information content (AvgIpc) is 2.55. The van der Waals surface area contributed by atoms with Crippen molar-refractivity contribution in [1.82, 2.24) is 4.98 Å². The number of carboxylic acid groups (broad SMARTS) is 1. The zero-order chi connectivity index (χ0) is 17.9. The van der Waals surface area contributed by atoms with E-state index in [-0.39, 0.29) is 0 Å². The van der Waals surface area contributed by atoms with Crippen LogP contribution in [0, 0.1) is 6.92 Å². The van der Waals surface area contributed by atoms with Crippen LogP contribution in [-0.2, 0) is 16.1 Å². The second-order valence-corrected chi connectivity index (χ2v) is 6.09. The number of carbonyl (C=O) groups excluding carboxylic acids is 1. The molecule has 0 amide bonds. The van der Waals surface area contributed by atoms with Crippen LogP contribution in [0.2, 0.25) is 0 Å². The van der Waals surface area contributed by atoms with Crippen molar-refractivity contribution < 1.29 is 20.4 Å². The van der Waals surface area contributed by atoms with Gasteiger partial charge >= 0.3 is 0 Å². The number of rotatable bonds is 6. The number of carbonyl (C=O) groups is 1. The lowest BCUT2D eigenvalue weighted by molar-refractivity contribution is -0.386. The number of anilines is 1. The Kier molecular flexibility index (Phi) is 9.34. The van der Waals surface area contributed by atoms with Crippen LogP contribution in [0.4, 0.5) is 5.82 Å². The Balaban J connectivity index is 0.000000648. The lowest BCUT2D eigenvalue weighted by atomic mass is 10.1. The highest BCUT2D eigenvalue weighted by molar-refractivity contribution is 5.60. The zero-order valence-electron chi connectivity index (χ0n) is 15.2. The van der Waals surface area contributed by atoms with E-state index in [0.29, 0.717) is 6.10 Å². The summed E-state index contributed by atoms with van der Waals surface area (Å²) in [6.07, 6.45) is 5.03. The first kappa shape index (κ1) is 20.4. The van der Waals surface area contributed by atoms with Crippen LogP contribution in [0.3, 0.4) is 0 Å². The first-order valence-electron chi connectivity index (χ1n) is 8.77. The van der Waals surface area contributed by atoms with E-state index in [4.69, 9.17) is 19.6 Å². The maximum absolute atomic E-state index is 8.89. The number of nitrogens with zero attached hydrogens (tertiary/aromatic N) is 2. The van der Waals surface area contributed by atoms with Crippen molar-refractivity contribution in [1.29, 1.82) is 0 Å². The molecule has 0 aliphatic carbocycles. The standard InChI is InChI=1S/C16H27N3O.C2H4O2/c1-3-4-11-20-15-7-9-19(10-8-15)16-14(12-17)6-5-13(2)18-16;1-2(3)4/h5-6,15H,3-4,7-12,17H2,1-2H3;1H3,(H,3,4). The number of pyridine rings is 1. The Hall–Kier alpha value is -1.66. The lowest BCUT2D eigenvalue weighted by Gasteiger charge is -2.33. The van der Waals surface area contributed by atoms with Crippen molar-refractivity contribution in [2.45, 2.75) is 59.1 Å². The number of hydrogen-bond acceptors (Lipinski definition) is 5. The predicted molar refractivity (Wildman–Crippen MR) is 92.3 cm³/mol. The number of hydrogen-bond donors (Lipinski definition) is 1. The van der Waals surface area contributed by atoms with Gasteiger partial charge in [0.1, 0.15) is 12.4 Å². The van der Waals surface area contributed by atoms with Gasteiger partial charge in [-0.05, 0) is 45.2 Å². The van der Waals surface area contributed by atoms with Gasteiger partial charge in [0.05, 0.1) is 6.10 Å². The number of unbranched alkanes of at least 4 members (excludes halogenated alkanes) is 1. The van der Waals surface area contributed by atoms with Crippen molar-refractivity contribution in [3.63, 3.8) is 0 Å². The Bertz CT molecular complexity index is 496. The third-order valence-electron chi connectivity index (χ3n) is 3.96. The molecule has 0 aromatic carbocycles. The van der Waals surface area contributed by atoms with Crippen molar-refractivity contribution in [2.75, 3.05) is 24.6 Å². The van der Waals surface area contributed by atoms with E-state index in [0.717, 1.165) is 57.5 Å². The monoisotopic (exact) mass is 337 g/mol. The number of piperidine rings is 1. The molecular formula is C18H31N3O3. The van der Waals surface area contributed by atoms with E-state index >= 15 is 0 Å². The van der Waals surface area contributed by atoms with E-state index < -0.39 is 5.97 Å². The first-order chi connectivity index (χ1) is 11.5. The first-order valence-corrected chi connectivity index (χ1v) is 8.77. The Morgan fingerprint density at radius 1 is 1.42 bits per heavy atom. The minimum absolute atomic E-state index is 0.436.